The van der Waals surface area contributed by atoms with Crippen molar-refractivity contribution in [1.82, 2.24) is 9.97 Å². The first-order valence-electron chi connectivity index (χ1n) is 5.19. The standard InChI is InChI=1S/C11H10ClN3S2/c1-13-10-6-4-16-5-7(6)14-11(15-10)8-2-3-9(12)17-8/h2-3H,4-5H2,1H3,(H,13,14,15). The molecule has 2 aromatic rings. The van der Waals surface area contributed by atoms with Crippen LogP contribution in [0.5, 0.6) is 0 Å². The number of nitrogens with zero attached hydrogens (tertiary/aromatic N) is 2. The third-order valence-corrected chi connectivity index (χ3v) is 4.81. The molecule has 6 heteroatoms. The van der Waals surface area contributed by atoms with Crippen LogP contribution in [0.25, 0.3) is 10.7 Å². The van der Waals surface area contributed by atoms with Gasteiger partial charge in [0.05, 0.1) is 14.9 Å². The first kappa shape index (κ1) is 11.3. The number of thiophene rings is 1. The third-order valence-electron chi connectivity index (χ3n) is 2.61. The summed E-state index contributed by atoms with van der Waals surface area (Å²) in [6.45, 7) is 0. The number of rotatable bonds is 2. The van der Waals surface area contributed by atoms with Crippen LogP contribution >= 0.6 is 34.7 Å². The summed E-state index contributed by atoms with van der Waals surface area (Å²) in [6.07, 6.45) is 0. The Kier molecular flexibility index (Phi) is 2.98. The maximum atomic E-state index is 5.94. The summed E-state index contributed by atoms with van der Waals surface area (Å²) in [5.41, 5.74) is 2.39. The van der Waals surface area contributed by atoms with Crippen molar-refractivity contribution in [3.8, 4) is 10.7 Å². The Morgan fingerprint density at radius 1 is 1.29 bits per heavy atom. The maximum absolute atomic E-state index is 5.94. The Hall–Kier alpha value is -0.780. The molecule has 0 saturated carbocycles. The summed E-state index contributed by atoms with van der Waals surface area (Å²) >= 11 is 9.33. The number of hydrogen-bond donors (Lipinski definition) is 1. The van der Waals surface area contributed by atoms with Crippen molar-refractivity contribution in [1.29, 1.82) is 0 Å². The van der Waals surface area contributed by atoms with Crippen molar-refractivity contribution < 1.29 is 0 Å². The second-order valence-corrected chi connectivity index (χ2v) is 6.37. The molecule has 0 radical (unpaired) electrons. The molecule has 0 bridgehead atoms. The van der Waals surface area contributed by atoms with Gasteiger partial charge in [-0.15, -0.1) is 11.3 Å². The number of fused-ring (bicyclic) bond motifs is 1. The number of aromatic nitrogens is 2. The molecule has 0 spiro atoms. The van der Waals surface area contributed by atoms with E-state index in [-0.39, 0.29) is 0 Å². The maximum Gasteiger partial charge on any atom is 0.171 e. The molecular formula is C11H10ClN3S2. The number of anilines is 1. The summed E-state index contributed by atoms with van der Waals surface area (Å²) in [6, 6.07) is 3.85. The van der Waals surface area contributed by atoms with Gasteiger partial charge in [0.1, 0.15) is 5.82 Å². The largest absolute Gasteiger partial charge is 0.373 e. The van der Waals surface area contributed by atoms with Crippen LogP contribution in [-0.4, -0.2) is 17.0 Å². The van der Waals surface area contributed by atoms with Gasteiger partial charge in [0.15, 0.2) is 5.82 Å². The number of thioether (sulfide) groups is 1. The van der Waals surface area contributed by atoms with Gasteiger partial charge in [0.2, 0.25) is 0 Å². The molecule has 0 fully saturated rings. The molecule has 1 N–H and O–H groups in total. The first-order chi connectivity index (χ1) is 8.28. The Morgan fingerprint density at radius 2 is 2.18 bits per heavy atom. The Labute approximate surface area is 113 Å². The van der Waals surface area contributed by atoms with Crippen molar-refractivity contribution >= 4 is 40.5 Å². The lowest BCUT2D eigenvalue weighted by Gasteiger charge is -2.07. The van der Waals surface area contributed by atoms with Gasteiger partial charge in [-0.3, -0.25) is 0 Å². The van der Waals surface area contributed by atoms with E-state index in [0.717, 1.165) is 38.1 Å². The Bertz CT molecular complexity index is 568. The van der Waals surface area contributed by atoms with E-state index in [0.29, 0.717) is 0 Å². The van der Waals surface area contributed by atoms with E-state index in [4.69, 9.17) is 11.6 Å². The van der Waals surface area contributed by atoms with Crippen LogP contribution in [0, 0.1) is 0 Å². The van der Waals surface area contributed by atoms with E-state index in [1.165, 1.54) is 16.9 Å². The van der Waals surface area contributed by atoms with Crippen molar-refractivity contribution in [2.45, 2.75) is 11.5 Å². The Balaban J connectivity index is 2.12. The van der Waals surface area contributed by atoms with Gasteiger partial charge in [-0.25, -0.2) is 9.97 Å². The molecule has 1 aliphatic rings. The van der Waals surface area contributed by atoms with Crippen molar-refractivity contribution in [2.24, 2.45) is 0 Å². The van der Waals surface area contributed by atoms with E-state index in [1.807, 2.05) is 30.9 Å². The van der Waals surface area contributed by atoms with E-state index in [1.54, 1.807) is 0 Å². The van der Waals surface area contributed by atoms with Gasteiger partial charge in [-0.05, 0) is 12.1 Å². The van der Waals surface area contributed by atoms with Gasteiger partial charge >= 0.3 is 0 Å². The van der Waals surface area contributed by atoms with Crippen molar-refractivity contribution in [2.75, 3.05) is 12.4 Å². The van der Waals surface area contributed by atoms with Gasteiger partial charge in [0.25, 0.3) is 0 Å². The molecular weight excluding hydrogens is 274 g/mol. The fourth-order valence-electron chi connectivity index (χ4n) is 1.80. The van der Waals surface area contributed by atoms with E-state index in [9.17, 15) is 0 Å². The molecule has 0 aromatic carbocycles. The minimum atomic E-state index is 0.768. The van der Waals surface area contributed by atoms with Crippen LogP contribution in [0.2, 0.25) is 4.34 Å². The van der Waals surface area contributed by atoms with E-state index < -0.39 is 0 Å². The molecule has 0 aliphatic carbocycles. The number of halogens is 1. The zero-order chi connectivity index (χ0) is 11.8. The molecule has 0 amide bonds. The summed E-state index contributed by atoms with van der Waals surface area (Å²) in [7, 11) is 1.90. The van der Waals surface area contributed by atoms with Crippen molar-refractivity contribution in [3.63, 3.8) is 0 Å². The van der Waals surface area contributed by atoms with Crippen LogP contribution in [0.4, 0.5) is 5.82 Å². The zero-order valence-electron chi connectivity index (χ0n) is 9.16. The van der Waals surface area contributed by atoms with Crippen LogP contribution in [0.15, 0.2) is 12.1 Å². The van der Waals surface area contributed by atoms with Crippen molar-refractivity contribution in [3.05, 3.63) is 27.7 Å². The molecule has 3 rings (SSSR count). The quantitative estimate of drug-likeness (QED) is 0.913. The number of nitrogens with one attached hydrogen (secondary N) is 1. The third kappa shape index (κ3) is 2.03. The molecule has 0 atom stereocenters. The normalized spacial score (nSPS) is 13.8. The average molecular weight is 284 g/mol. The minimum absolute atomic E-state index is 0.768. The lowest BCUT2D eigenvalue weighted by Crippen LogP contribution is -2.02. The van der Waals surface area contributed by atoms with E-state index >= 15 is 0 Å². The summed E-state index contributed by atoms with van der Waals surface area (Å²) in [5.74, 6) is 3.68. The molecule has 17 heavy (non-hydrogen) atoms. The average Bonchev–Trinajstić information content (AvgIpc) is 2.95. The fraction of sp³-hybridized carbons (Fsp3) is 0.273. The molecule has 88 valence electrons. The second-order valence-electron chi connectivity index (χ2n) is 3.67. The zero-order valence-corrected chi connectivity index (χ0v) is 11.5. The molecule has 3 heterocycles. The summed E-state index contributed by atoms with van der Waals surface area (Å²) in [4.78, 5) is 10.2. The highest BCUT2D eigenvalue weighted by atomic mass is 35.5. The lowest BCUT2D eigenvalue weighted by molar-refractivity contribution is 1.08. The molecule has 1 aliphatic heterocycles. The molecule has 0 saturated heterocycles. The molecule has 3 nitrogen and oxygen atoms in total. The van der Waals surface area contributed by atoms with Crippen LogP contribution in [0.1, 0.15) is 11.3 Å². The lowest BCUT2D eigenvalue weighted by atomic mass is 10.2. The highest BCUT2D eigenvalue weighted by Gasteiger charge is 2.20. The molecule has 0 unspecified atom stereocenters. The van der Waals surface area contributed by atoms with Gasteiger partial charge in [0, 0.05) is 24.1 Å². The molecule has 2 aromatic heterocycles. The minimum Gasteiger partial charge on any atom is -0.373 e. The smallest absolute Gasteiger partial charge is 0.171 e. The second kappa shape index (κ2) is 4.48. The first-order valence-corrected chi connectivity index (χ1v) is 7.54. The van der Waals surface area contributed by atoms with Gasteiger partial charge in [-0.2, -0.15) is 11.8 Å². The highest BCUT2D eigenvalue weighted by molar-refractivity contribution is 7.98. The van der Waals surface area contributed by atoms with Gasteiger partial charge in [-0.1, -0.05) is 11.6 Å². The summed E-state index contributed by atoms with van der Waals surface area (Å²) in [5, 5.41) is 3.15. The fourth-order valence-corrected chi connectivity index (χ4v) is 3.82. The summed E-state index contributed by atoms with van der Waals surface area (Å²) < 4.78 is 0.768. The van der Waals surface area contributed by atoms with E-state index in [2.05, 4.69) is 15.3 Å². The van der Waals surface area contributed by atoms with Crippen LogP contribution in [0.3, 0.4) is 0 Å². The monoisotopic (exact) mass is 283 g/mol. The van der Waals surface area contributed by atoms with Gasteiger partial charge < -0.3 is 5.32 Å². The predicted octanol–water partition coefficient (Wildman–Crippen LogP) is 3.65. The predicted molar refractivity (Wildman–Crippen MR) is 74.9 cm³/mol. The SMILES string of the molecule is CNc1nc(-c2ccc(Cl)s2)nc2c1CSC2. The van der Waals surface area contributed by atoms with Crippen LogP contribution in [-0.2, 0) is 11.5 Å². The Morgan fingerprint density at radius 3 is 2.88 bits per heavy atom. The topological polar surface area (TPSA) is 37.8 Å². The number of hydrogen-bond acceptors (Lipinski definition) is 5. The van der Waals surface area contributed by atoms with Crippen LogP contribution < -0.4 is 5.32 Å². The highest BCUT2D eigenvalue weighted by Crippen LogP contribution is 2.36.